The summed E-state index contributed by atoms with van der Waals surface area (Å²) in [5.41, 5.74) is 2.79. The van der Waals surface area contributed by atoms with Crippen LogP contribution in [-0.2, 0) is 10.5 Å². The third-order valence-corrected chi connectivity index (χ3v) is 3.73. The predicted molar refractivity (Wildman–Crippen MR) is 71.7 cm³/mol. The number of aliphatic hydroxyl groups is 3. The third kappa shape index (κ3) is 2.43. The molecule has 21 heavy (non-hydrogen) atoms. The van der Waals surface area contributed by atoms with Gasteiger partial charge in [-0.05, 0) is 13.5 Å². The molecule has 1 fully saturated rings. The number of nitrogens with two attached hydrogens (primary N) is 1. The largest absolute Gasteiger partial charge is 0.394 e. The number of H-pyrrole nitrogens is 1. The summed E-state index contributed by atoms with van der Waals surface area (Å²) in [6.45, 7) is 1.03. The number of aliphatic hydroxyl groups excluding tert-OH is 3. The number of hydrogen-bond acceptors (Lipinski definition) is 7. The lowest BCUT2D eigenvalue weighted by atomic mass is 9.99. The molecule has 0 spiro atoms. The van der Waals surface area contributed by atoms with Crippen LogP contribution in [-0.4, -0.2) is 56.3 Å². The Balaban J connectivity index is 2.62. The number of aromatic nitrogens is 2. The molecule has 1 aromatic heterocycles. The molecule has 0 bridgehead atoms. The first-order valence-electron chi connectivity index (χ1n) is 6.55. The fourth-order valence-electron chi connectivity index (χ4n) is 2.60. The first-order valence-corrected chi connectivity index (χ1v) is 6.55. The number of ether oxygens (including phenoxy) is 1. The van der Waals surface area contributed by atoms with E-state index in [-0.39, 0.29) is 18.5 Å². The highest BCUT2D eigenvalue weighted by Crippen LogP contribution is 2.37. The summed E-state index contributed by atoms with van der Waals surface area (Å²) in [6, 6.07) is 0. The first-order chi connectivity index (χ1) is 9.87. The molecule has 118 valence electrons. The Morgan fingerprint density at radius 2 is 2.14 bits per heavy atom. The van der Waals surface area contributed by atoms with Crippen LogP contribution in [0.3, 0.4) is 0 Å². The zero-order chi connectivity index (χ0) is 15.8. The summed E-state index contributed by atoms with van der Waals surface area (Å²) in [5, 5.41) is 29.4. The Hall–Kier alpha value is -1.52. The van der Waals surface area contributed by atoms with Crippen molar-refractivity contribution < 1.29 is 20.1 Å². The molecule has 1 aromatic rings. The van der Waals surface area contributed by atoms with Gasteiger partial charge >= 0.3 is 5.69 Å². The molecule has 0 saturated carbocycles. The van der Waals surface area contributed by atoms with E-state index in [4.69, 9.17) is 10.5 Å². The van der Waals surface area contributed by atoms with Gasteiger partial charge in [0.05, 0.1) is 6.61 Å². The van der Waals surface area contributed by atoms with Gasteiger partial charge in [0, 0.05) is 18.2 Å². The minimum absolute atomic E-state index is 0.0209. The zero-order valence-electron chi connectivity index (χ0n) is 11.5. The van der Waals surface area contributed by atoms with Gasteiger partial charge < -0.3 is 25.8 Å². The van der Waals surface area contributed by atoms with Crippen molar-refractivity contribution in [2.45, 2.75) is 37.4 Å². The molecule has 0 aromatic carbocycles. The van der Waals surface area contributed by atoms with Crippen LogP contribution in [0.15, 0.2) is 15.8 Å². The van der Waals surface area contributed by atoms with Crippen molar-refractivity contribution in [3.63, 3.8) is 0 Å². The van der Waals surface area contributed by atoms with Crippen LogP contribution in [0.25, 0.3) is 0 Å². The maximum Gasteiger partial charge on any atom is 0.330 e. The van der Waals surface area contributed by atoms with E-state index in [2.05, 4.69) is 4.98 Å². The van der Waals surface area contributed by atoms with Crippen molar-refractivity contribution >= 4 is 0 Å². The van der Waals surface area contributed by atoms with Gasteiger partial charge in [0.1, 0.15) is 18.3 Å². The Morgan fingerprint density at radius 3 is 2.67 bits per heavy atom. The van der Waals surface area contributed by atoms with Crippen LogP contribution in [0.1, 0.15) is 12.0 Å². The molecule has 9 heteroatoms. The highest BCUT2D eigenvalue weighted by molar-refractivity contribution is 5.07. The number of nitrogens with zero attached hydrogens (tertiary/aromatic N) is 1. The molecule has 0 aliphatic carbocycles. The number of hydrogen-bond donors (Lipinski definition) is 5. The van der Waals surface area contributed by atoms with Gasteiger partial charge in [0.25, 0.3) is 5.56 Å². The van der Waals surface area contributed by atoms with Crippen LogP contribution < -0.4 is 17.0 Å². The molecule has 1 aliphatic heterocycles. The molecule has 4 atom stereocenters. The van der Waals surface area contributed by atoms with Gasteiger partial charge in [-0.25, -0.2) is 4.79 Å². The normalized spacial score (nSPS) is 32.5. The summed E-state index contributed by atoms with van der Waals surface area (Å²) in [7, 11) is 0. The first kappa shape index (κ1) is 15.9. The molecule has 2 heterocycles. The summed E-state index contributed by atoms with van der Waals surface area (Å²) in [5.74, 6) is 0. The van der Waals surface area contributed by atoms with Gasteiger partial charge in [-0.15, -0.1) is 0 Å². The average molecular weight is 301 g/mol. The number of aryl methyl sites for hydroxylation is 1. The van der Waals surface area contributed by atoms with Crippen molar-refractivity contribution in [3.8, 4) is 0 Å². The summed E-state index contributed by atoms with van der Waals surface area (Å²) in [6.07, 6.45) is -2.63. The highest BCUT2D eigenvalue weighted by Gasteiger charge is 2.55. The molecule has 2 rings (SSSR count). The molecule has 1 saturated heterocycles. The van der Waals surface area contributed by atoms with Crippen LogP contribution >= 0.6 is 0 Å². The van der Waals surface area contributed by atoms with E-state index in [1.807, 2.05) is 0 Å². The summed E-state index contributed by atoms with van der Waals surface area (Å²) in [4.78, 5) is 25.6. The maximum absolute atomic E-state index is 12.0. The van der Waals surface area contributed by atoms with Crippen LogP contribution in [0.4, 0.5) is 0 Å². The van der Waals surface area contributed by atoms with Crippen molar-refractivity contribution in [3.05, 3.63) is 32.6 Å². The topological polar surface area (TPSA) is 151 Å². The molecule has 9 nitrogen and oxygen atoms in total. The van der Waals surface area contributed by atoms with Gasteiger partial charge in [-0.2, -0.15) is 0 Å². The van der Waals surface area contributed by atoms with Gasteiger partial charge in [-0.3, -0.25) is 14.3 Å². The second-order valence-corrected chi connectivity index (χ2v) is 5.10. The molecular formula is C12H19N3O6. The van der Waals surface area contributed by atoms with E-state index in [0.29, 0.717) is 0 Å². The SMILES string of the molecule is Cc1cn([C@]2(CCN)O[C@H](CO)[C@@H](O)[C@H]2O)c(=O)[nH]c1=O. The van der Waals surface area contributed by atoms with E-state index in [0.717, 1.165) is 4.57 Å². The van der Waals surface area contributed by atoms with Gasteiger partial charge in [-0.1, -0.05) is 0 Å². The summed E-state index contributed by atoms with van der Waals surface area (Å²) >= 11 is 0. The Labute approximate surface area is 119 Å². The van der Waals surface area contributed by atoms with Crippen molar-refractivity contribution in [1.29, 1.82) is 0 Å². The molecule has 6 N–H and O–H groups in total. The van der Waals surface area contributed by atoms with E-state index in [1.54, 1.807) is 0 Å². The molecule has 1 aliphatic rings. The lowest BCUT2D eigenvalue weighted by Crippen LogP contribution is -2.52. The third-order valence-electron chi connectivity index (χ3n) is 3.73. The van der Waals surface area contributed by atoms with E-state index in [1.165, 1.54) is 13.1 Å². The lowest BCUT2D eigenvalue weighted by Gasteiger charge is -2.33. The van der Waals surface area contributed by atoms with Crippen molar-refractivity contribution in [2.75, 3.05) is 13.2 Å². The number of rotatable bonds is 4. The number of aromatic amines is 1. The molecule has 0 radical (unpaired) electrons. The van der Waals surface area contributed by atoms with Gasteiger partial charge in [0.2, 0.25) is 0 Å². The zero-order valence-corrected chi connectivity index (χ0v) is 11.5. The highest BCUT2D eigenvalue weighted by atomic mass is 16.6. The van der Waals surface area contributed by atoms with Crippen LogP contribution in [0.5, 0.6) is 0 Å². The minimum Gasteiger partial charge on any atom is -0.394 e. The van der Waals surface area contributed by atoms with Gasteiger partial charge in [0.15, 0.2) is 5.72 Å². The van der Waals surface area contributed by atoms with Crippen LogP contribution in [0, 0.1) is 6.92 Å². The van der Waals surface area contributed by atoms with E-state index >= 15 is 0 Å². The van der Waals surface area contributed by atoms with Crippen molar-refractivity contribution in [1.82, 2.24) is 9.55 Å². The average Bonchev–Trinajstić information content (AvgIpc) is 2.69. The predicted octanol–water partition coefficient (Wildman–Crippen LogP) is -3.04. The summed E-state index contributed by atoms with van der Waals surface area (Å²) < 4.78 is 6.55. The van der Waals surface area contributed by atoms with Crippen LogP contribution in [0.2, 0.25) is 0 Å². The van der Waals surface area contributed by atoms with E-state index in [9.17, 15) is 24.9 Å². The monoisotopic (exact) mass is 301 g/mol. The molecule has 0 unspecified atom stereocenters. The van der Waals surface area contributed by atoms with E-state index < -0.39 is 41.9 Å². The fraction of sp³-hybridized carbons (Fsp3) is 0.667. The molecular weight excluding hydrogens is 282 g/mol. The quantitative estimate of drug-likeness (QED) is 0.396. The standard InChI is InChI=1S/C12H19N3O6/c1-6-4-15(11(20)14-10(6)19)12(2-3-13)9(18)8(17)7(5-16)21-12/h4,7-9,16-18H,2-3,5,13H2,1H3,(H,14,19,20)/t7-,8-,9-,12-/m1/s1. The fourth-order valence-corrected chi connectivity index (χ4v) is 2.60. The Morgan fingerprint density at radius 1 is 1.48 bits per heavy atom. The Bertz CT molecular complexity index is 626. The van der Waals surface area contributed by atoms with Crippen molar-refractivity contribution in [2.24, 2.45) is 5.73 Å². The Kier molecular flexibility index (Phi) is 4.30. The minimum atomic E-state index is -1.63. The maximum atomic E-state index is 12.0. The smallest absolute Gasteiger partial charge is 0.330 e. The molecule has 0 amide bonds. The lowest BCUT2D eigenvalue weighted by molar-refractivity contribution is -0.153. The second kappa shape index (κ2) is 5.70. The second-order valence-electron chi connectivity index (χ2n) is 5.10. The number of nitrogens with one attached hydrogen (secondary N) is 1.